The molecule has 0 saturated carbocycles. The molecule has 0 bridgehead atoms. The maximum absolute atomic E-state index is 12.4. The van der Waals surface area contributed by atoms with Gasteiger partial charge >= 0.3 is 5.97 Å². The fourth-order valence-corrected chi connectivity index (χ4v) is 2.91. The summed E-state index contributed by atoms with van der Waals surface area (Å²) in [5, 5.41) is 3.47. The number of carbonyl (C=O) groups excluding carboxylic acids is 3. The molecule has 2 N–H and O–H groups in total. The van der Waals surface area contributed by atoms with E-state index in [2.05, 4.69) is 10.3 Å². The number of benzene rings is 2. The summed E-state index contributed by atoms with van der Waals surface area (Å²) in [5.74, 6) is -1.34. The molecule has 0 aliphatic rings. The average molecular weight is 411 g/mol. The van der Waals surface area contributed by atoms with Gasteiger partial charge in [0.15, 0.2) is 12.4 Å². The molecule has 0 unspecified atom stereocenters. The quantitative estimate of drug-likeness (QED) is 0.456. The van der Waals surface area contributed by atoms with Crippen molar-refractivity contribution in [2.45, 2.75) is 13.0 Å². The lowest BCUT2D eigenvalue weighted by molar-refractivity contribution is -0.124. The number of hydrogen-bond acceptors (Lipinski definition) is 4. The topological polar surface area (TPSA) is 88.3 Å². The number of H-pyrrole nitrogens is 1. The van der Waals surface area contributed by atoms with Crippen molar-refractivity contribution in [3.63, 3.8) is 0 Å². The molecule has 29 heavy (non-hydrogen) atoms. The van der Waals surface area contributed by atoms with E-state index in [1.807, 2.05) is 42.5 Å². The van der Waals surface area contributed by atoms with E-state index in [9.17, 15) is 14.4 Å². The van der Waals surface area contributed by atoms with Gasteiger partial charge in [0, 0.05) is 16.8 Å². The second-order valence-electron chi connectivity index (χ2n) is 6.40. The molecular weight excluding hydrogens is 392 g/mol. The van der Waals surface area contributed by atoms with E-state index in [1.165, 1.54) is 19.2 Å². The number of amides is 1. The number of ether oxygens (including phenoxy) is 1. The second kappa shape index (κ2) is 9.21. The largest absolute Gasteiger partial charge is 0.451 e. The smallest absolute Gasteiger partial charge is 0.355 e. The number of nitrogens with one attached hydrogen (secondary N) is 2. The maximum atomic E-state index is 12.4. The first kappa shape index (κ1) is 20.4. The van der Waals surface area contributed by atoms with Crippen molar-refractivity contribution in [3.05, 3.63) is 94.3 Å². The molecule has 0 radical (unpaired) electrons. The molecule has 0 aliphatic carbocycles. The van der Waals surface area contributed by atoms with Crippen LogP contribution in [0.5, 0.6) is 0 Å². The Morgan fingerprint density at radius 2 is 1.69 bits per heavy atom. The Kier molecular flexibility index (Phi) is 6.46. The fraction of sp³-hybridized carbons (Fsp3) is 0.136. The Morgan fingerprint density at radius 1 is 1.03 bits per heavy atom. The number of esters is 1. The molecule has 0 aliphatic heterocycles. The van der Waals surface area contributed by atoms with Crippen LogP contribution in [0.15, 0.2) is 66.9 Å². The van der Waals surface area contributed by atoms with Crippen LogP contribution in [-0.2, 0) is 9.53 Å². The second-order valence-corrected chi connectivity index (χ2v) is 6.83. The highest BCUT2D eigenvalue weighted by atomic mass is 35.5. The highest BCUT2D eigenvalue weighted by molar-refractivity contribution is 6.30. The molecule has 0 spiro atoms. The maximum Gasteiger partial charge on any atom is 0.355 e. The normalized spacial score (nSPS) is 11.5. The summed E-state index contributed by atoms with van der Waals surface area (Å²) >= 11 is 5.96. The first-order valence-corrected chi connectivity index (χ1v) is 9.28. The van der Waals surface area contributed by atoms with Crippen molar-refractivity contribution >= 4 is 29.3 Å². The van der Waals surface area contributed by atoms with Gasteiger partial charge < -0.3 is 15.0 Å². The number of halogens is 1. The molecule has 148 valence electrons. The summed E-state index contributed by atoms with van der Waals surface area (Å²) in [6.45, 7) is 0.941. The van der Waals surface area contributed by atoms with Crippen LogP contribution in [0, 0.1) is 0 Å². The van der Waals surface area contributed by atoms with E-state index < -0.39 is 24.5 Å². The summed E-state index contributed by atoms with van der Waals surface area (Å²) in [4.78, 5) is 38.5. The van der Waals surface area contributed by atoms with Gasteiger partial charge in [-0.25, -0.2) is 4.79 Å². The standard InChI is InChI=1S/C22H19ClN2O4/c1-14(26)17-11-19(24-12-17)22(28)29-13-20(27)25-21(15-5-3-2-4-6-15)16-7-9-18(23)10-8-16/h2-12,21,24H,13H2,1H3,(H,25,27)/t21-/m1/s1. The monoisotopic (exact) mass is 410 g/mol. The van der Waals surface area contributed by atoms with E-state index in [0.717, 1.165) is 11.1 Å². The van der Waals surface area contributed by atoms with Crippen LogP contribution < -0.4 is 5.32 Å². The first-order valence-electron chi connectivity index (χ1n) is 8.90. The van der Waals surface area contributed by atoms with E-state index >= 15 is 0 Å². The summed E-state index contributed by atoms with van der Waals surface area (Å²) in [6, 6.07) is 17.6. The van der Waals surface area contributed by atoms with Gasteiger partial charge in [0.25, 0.3) is 5.91 Å². The Morgan fingerprint density at radius 3 is 2.31 bits per heavy atom. The molecular formula is C22H19ClN2O4. The first-order chi connectivity index (χ1) is 13.9. The molecule has 7 heteroatoms. The van der Waals surface area contributed by atoms with Gasteiger partial charge in [-0.1, -0.05) is 54.1 Å². The van der Waals surface area contributed by atoms with Crippen LogP contribution in [0.1, 0.15) is 44.9 Å². The number of aromatic nitrogens is 1. The van der Waals surface area contributed by atoms with Crippen molar-refractivity contribution in [2.24, 2.45) is 0 Å². The SMILES string of the molecule is CC(=O)c1c[nH]c(C(=O)OCC(=O)N[C@H](c2ccccc2)c2ccc(Cl)cc2)c1. The van der Waals surface area contributed by atoms with Gasteiger partial charge in [-0.3, -0.25) is 9.59 Å². The molecule has 3 rings (SSSR count). The van der Waals surface area contributed by atoms with Crippen LogP contribution in [0.4, 0.5) is 0 Å². The molecule has 6 nitrogen and oxygen atoms in total. The van der Waals surface area contributed by atoms with Crippen molar-refractivity contribution in [1.82, 2.24) is 10.3 Å². The minimum Gasteiger partial charge on any atom is -0.451 e. The highest BCUT2D eigenvalue weighted by Crippen LogP contribution is 2.23. The zero-order valence-corrected chi connectivity index (χ0v) is 16.4. The third-order valence-electron chi connectivity index (χ3n) is 4.29. The Bertz CT molecular complexity index is 1010. The van der Waals surface area contributed by atoms with Gasteiger partial charge in [-0.05, 0) is 36.2 Å². The van der Waals surface area contributed by atoms with Crippen molar-refractivity contribution < 1.29 is 19.1 Å². The molecule has 0 saturated heterocycles. The molecule has 1 atom stereocenters. The summed E-state index contributed by atoms with van der Waals surface area (Å²) in [5.41, 5.74) is 2.20. The lowest BCUT2D eigenvalue weighted by atomic mass is 9.99. The third kappa shape index (κ3) is 5.33. The molecule has 2 aromatic carbocycles. The number of rotatable bonds is 7. The third-order valence-corrected chi connectivity index (χ3v) is 4.54. The number of hydrogen-bond donors (Lipinski definition) is 2. The molecule has 1 heterocycles. The van der Waals surface area contributed by atoms with Gasteiger partial charge in [-0.15, -0.1) is 0 Å². The van der Waals surface area contributed by atoms with Gasteiger partial charge in [-0.2, -0.15) is 0 Å². The highest BCUT2D eigenvalue weighted by Gasteiger charge is 2.19. The van der Waals surface area contributed by atoms with Crippen molar-refractivity contribution in [3.8, 4) is 0 Å². The minimum atomic E-state index is -0.713. The van der Waals surface area contributed by atoms with E-state index in [0.29, 0.717) is 10.6 Å². The van der Waals surface area contributed by atoms with Crippen LogP contribution in [-0.4, -0.2) is 29.3 Å². The number of carbonyl (C=O) groups is 3. The van der Waals surface area contributed by atoms with Crippen molar-refractivity contribution in [1.29, 1.82) is 0 Å². The lowest BCUT2D eigenvalue weighted by Gasteiger charge is -2.20. The van der Waals surface area contributed by atoms with E-state index in [1.54, 1.807) is 12.1 Å². The summed E-state index contributed by atoms with van der Waals surface area (Å²) < 4.78 is 5.06. The van der Waals surface area contributed by atoms with Crippen molar-refractivity contribution in [2.75, 3.05) is 6.61 Å². The number of aromatic amines is 1. The Labute approximate surface area is 172 Å². The van der Waals surface area contributed by atoms with Gasteiger partial charge in [0.05, 0.1) is 6.04 Å². The predicted molar refractivity (Wildman–Crippen MR) is 109 cm³/mol. The Hall–Kier alpha value is -3.38. The van der Waals surface area contributed by atoms with E-state index in [4.69, 9.17) is 16.3 Å². The van der Waals surface area contributed by atoms with Gasteiger partial charge in [0.2, 0.25) is 0 Å². The Balaban J connectivity index is 1.67. The summed E-state index contributed by atoms with van der Waals surface area (Å²) in [6.07, 6.45) is 1.42. The van der Waals surface area contributed by atoms with Crippen LogP contribution >= 0.6 is 11.6 Å². The predicted octanol–water partition coefficient (Wildman–Crippen LogP) is 3.93. The van der Waals surface area contributed by atoms with Gasteiger partial charge in [0.1, 0.15) is 5.69 Å². The van der Waals surface area contributed by atoms with E-state index in [-0.39, 0.29) is 11.5 Å². The number of Topliss-reactive ketones (excluding diaryl/α,β-unsaturated/α-hetero) is 1. The molecule has 0 fully saturated rings. The fourth-order valence-electron chi connectivity index (χ4n) is 2.79. The van der Waals surface area contributed by atoms with Crippen LogP contribution in [0.25, 0.3) is 0 Å². The zero-order valence-electron chi connectivity index (χ0n) is 15.6. The molecule has 3 aromatic rings. The van der Waals surface area contributed by atoms with Crippen LogP contribution in [0.2, 0.25) is 5.02 Å². The lowest BCUT2D eigenvalue weighted by Crippen LogP contribution is -2.33. The number of ketones is 1. The molecule has 1 aromatic heterocycles. The zero-order chi connectivity index (χ0) is 20.8. The summed E-state index contributed by atoms with van der Waals surface area (Å²) in [7, 11) is 0. The van der Waals surface area contributed by atoms with Crippen LogP contribution in [0.3, 0.4) is 0 Å². The average Bonchev–Trinajstić information content (AvgIpc) is 3.22. The minimum absolute atomic E-state index is 0.111. The molecule has 1 amide bonds.